The summed E-state index contributed by atoms with van der Waals surface area (Å²) < 4.78 is -0.0829. The number of carbonyl (C=O) groups is 2. The van der Waals surface area contributed by atoms with Crippen molar-refractivity contribution in [3.8, 4) is 0 Å². The molecule has 9 heteroatoms. The second-order valence-corrected chi connectivity index (χ2v) is 10.4. The van der Waals surface area contributed by atoms with Crippen LogP contribution < -0.4 is 11.2 Å². The van der Waals surface area contributed by atoms with Crippen molar-refractivity contribution in [3.63, 3.8) is 0 Å². The van der Waals surface area contributed by atoms with Gasteiger partial charge in [-0.1, -0.05) is 6.92 Å². The van der Waals surface area contributed by atoms with E-state index in [1.807, 2.05) is 42.3 Å². The number of pyridine rings is 1. The minimum atomic E-state index is -0.214. The van der Waals surface area contributed by atoms with Crippen LogP contribution in [-0.4, -0.2) is 51.4 Å². The number of quaternary nitrogens is 1. The van der Waals surface area contributed by atoms with E-state index < -0.39 is 0 Å². The molecule has 2 unspecified atom stereocenters. The fourth-order valence-corrected chi connectivity index (χ4v) is 5.50. The van der Waals surface area contributed by atoms with E-state index >= 15 is 0 Å². The number of nitrogens with two attached hydrogens (primary N) is 1. The number of benzene rings is 1. The molecule has 2 fully saturated rings. The molecule has 3 aliphatic heterocycles. The summed E-state index contributed by atoms with van der Waals surface area (Å²) >= 11 is 0. The van der Waals surface area contributed by atoms with Crippen LogP contribution in [0.2, 0.25) is 0 Å². The van der Waals surface area contributed by atoms with Gasteiger partial charge in [-0.2, -0.15) is 10.8 Å². The number of aromatic nitrogens is 1. The van der Waals surface area contributed by atoms with Gasteiger partial charge in [-0.05, 0) is 73.6 Å². The van der Waals surface area contributed by atoms with E-state index in [2.05, 4.69) is 15.3 Å². The summed E-state index contributed by atoms with van der Waals surface area (Å²) in [5.74, 6) is 8.77. The van der Waals surface area contributed by atoms with E-state index in [1.54, 1.807) is 30.7 Å². The van der Waals surface area contributed by atoms with E-state index in [4.69, 9.17) is 10.8 Å². The number of hydrogen-bond donors (Lipinski definition) is 2. The molecule has 38 heavy (non-hydrogen) atoms. The van der Waals surface area contributed by atoms with Crippen LogP contribution in [0.3, 0.4) is 0 Å². The molecule has 1 aliphatic carbocycles. The maximum absolute atomic E-state index is 12.9. The quantitative estimate of drug-likeness (QED) is 0.450. The van der Waals surface area contributed by atoms with Crippen molar-refractivity contribution in [3.05, 3.63) is 83.1 Å². The lowest BCUT2D eigenvalue weighted by atomic mass is 9.93. The lowest BCUT2D eigenvalue weighted by Gasteiger charge is -2.32. The highest BCUT2D eigenvalue weighted by molar-refractivity contribution is 6.05. The van der Waals surface area contributed by atoms with Crippen molar-refractivity contribution in [2.24, 2.45) is 21.7 Å². The van der Waals surface area contributed by atoms with Gasteiger partial charge >= 0.3 is 0 Å². The van der Waals surface area contributed by atoms with Gasteiger partial charge < -0.3 is 10.2 Å². The Morgan fingerprint density at radius 1 is 1.13 bits per heavy atom. The summed E-state index contributed by atoms with van der Waals surface area (Å²) in [6, 6.07) is 11.3. The van der Waals surface area contributed by atoms with Crippen molar-refractivity contribution in [2.45, 2.75) is 44.9 Å². The first-order valence-electron chi connectivity index (χ1n) is 13.3. The molecule has 4 heterocycles. The number of fused-ring (bicyclic) bond motifs is 1. The summed E-state index contributed by atoms with van der Waals surface area (Å²) in [6.07, 6.45) is 11.8. The van der Waals surface area contributed by atoms with Gasteiger partial charge in [0, 0.05) is 37.2 Å². The molecule has 4 aliphatic rings. The highest BCUT2D eigenvalue weighted by atomic mass is 16.2. The number of allylic oxidation sites excluding steroid dienone is 1. The predicted octanol–water partition coefficient (Wildman–Crippen LogP) is 4.08. The molecule has 2 atom stereocenters. The minimum absolute atomic E-state index is 0.0829. The number of nitrogens with zero attached hydrogens (tertiary/aromatic N) is 5. The Morgan fingerprint density at radius 3 is 2.71 bits per heavy atom. The SMILES string of the molecule is CCC(=O)N1CCCC(C2=C3C=NC=C[N+]3(N)C(c3ccc(C(=O)Nc4cc(C5CC5)ccn4)cc3)=N2)C1. The van der Waals surface area contributed by atoms with Crippen LogP contribution in [0.5, 0.6) is 0 Å². The normalized spacial score (nSPS) is 24.3. The number of hydrogen-bond acceptors (Lipinski definition) is 6. The zero-order valence-corrected chi connectivity index (χ0v) is 21.5. The molecule has 194 valence electrons. The number of rotatable bonds is 6. The third-order valence-corrected chi connectivity index (χ3v) is 7.77. The Labute approximate surface area is 222 Å². The molecule has 2 amide bonds. The summed E-state index contributed by atoms with van der Waals surface area (Å²) in [5, 5.41) is 2.91. The number of piperidine rings is 1. The van der Waals surface area contributed by atoms with Gasteiger partial charge in [0.25, 0.3) is 11.7 Å². The van der Waals surface area contributed by atoms with Crippen LogP contribution in [0, 0.1) is 5.92 Å². The second-order valence-electron chi connectivity index (χ2n) is 10.4. The summed E-state index contributed by atoms with van der Waals surface area (Å²) in [4.78, 5) is 40.9. The van der Waals surface area contributed by atoms with E-state index in [-0.39, 0.29) is 22.3 Å². The standard InChI is InChI=1S/C29H31N7O2/c1-2-26(37)35-14-3-4-23(18-35)27-24-17-31-13-15-36(24,30)28(34-27)20-7-9-21(10-8-20)29(38)33-25-16-22(11-12-32-25)19-5-6-19/h7-13,15-17,19,23H,2-6,14,18,30H2,1H3/p+1. The Hall–Kier alpha value is -3.95. The number of nitrogens with one attached hydrogen (secondary N) is 1. The highest BCUT2D eigenvalue weighted by Gasteiger charge is 2.46. The van der Waals surface area contributed by atoms with E-state index in [0.29, 0.717) is 36.1 Å². The van der Waals surface area contributed by atoms with Gasteiger partial charge in [-0.15, -0.1) is 4.59 Å². The van der Waals surface area contributed by atoms with Gasteiger partial charge in [0.15, 0.2) is 0 Å². The number of amides is 2. The van der Waals surface area contributed by atoms with Crippen LogP contribution in [-0.2, 0) is 4.79 Å². The summed E-state index contributed by atoms with van der Waals surface area (Å²) in [7, 11) is 0. The molecule has 1 aromatic carbocycles. The molecule has 3 N–H and O–H groups in total. The zero-order chi connectivity index (χ0) is 26.3. The van der Waals surface area contributed by atoms with Gasteiger partial charge in [-0.3, -0.25) is 14.6 Å². The lowest BCUT2D eigenvalue weighted by Crippen LogP contribution is -2.53. The Morgan fingerprint density at radius 2 is 1.95 bits per heavy atom. The monoisotopic (exact) mass is 510 g/mol. The fourth-order valence-electron chi connectivity index (χ4n) is 5.50. The first-order valence-corrected chi connectivity index (χ1v) is 13.3. The molecule has 0 bridgehead atoms. The first kappa shape index (κ1) is 24.4. The predicted molar refractivity (Wildman–Crippen MR) is 146 cm³/mol. The van der Waals surface area contributed by atoms with Crippen LogP contribution >= 0.6 is 0 Å². The van der Waals surface area contributed by atoms with Crippen LogP contribution in [0.15, 0.2) is 76.4 Å². The Kier molecular flexibility index (Phi) is 6.25. The largest absolute Gasteiger partial charge is 0.342 e. The van der Waals surface area contributed by atoms with Crippen molar-refractivity contribution < 1.29 is 14.2 Å². The van der Waals surface area contributed by atoms with E-state index in [0.717, 1.165) is 36.3 Å². The maximum atomic E-state index is 12.9. The van der Waals surface area contributed by atoms with Crippen LogP contribution in [0.4, 0.5) is 5.82 Å². The van der Waals surface area contributed by atoms with Gasteiger partial charge in [0.05, 0.1) is 18.0 Å². The number of likely N-dealkylation sites (tertiary alicyclic amines) is 1. The van der Waals surface area contributed by atoms with E-state index in [9.17, 15) is 9.59 Å². The molecular weight excluding hydrogens is 478 g/mol. The summed E-state index contributed by atoms with van der Waals surface area (Å²) in [6.45, 7) is 3.31. The third kappa shape index (κ3) is 4.48. The molecular formula is C29H32N7O2+. The van der Waals surface area contributed by atoms with Crippen LogP contribution in [0.25, 0.3) is 0 Å². The molecule has 0 spiro atoms. The van der Waals surface area contributed by atoms with Crippen molar-refractivity contribution in [2.75, 3.05) is 18.4 Å². The summed E-state index contributed by atoms with van der Waals surface area (Å²) in [5.41, 5.74) is 4.27. The van der Waals surface area contributed by atoms with Gasteiger partial charge in [-0.25, -0.2) is 4.98 Å². The average molecular weight is 511 g/mol. The van der Waals surface area contributed by atoms with Crippen LogP contribution in [0.1, 0.15) is 66.4 Å². The Balaban J connectivity index is 1.24. The minimum Gasteiger partial charge on any atom is -0.342 e. The molecule has 0 radical (unpaired) electrons. The van der Waals surface area contributed by atoms with E-state index in [1.165, 1.54) is 18.4 Å². The van der Waals surface area contributed by atoms with Crippen molar-refractivity contribution in [1.82, 2.24) is 9.88 Å². The molecule has 1 aromatic heterocycles. The van der Waals surface area contributed by atoms with Crippen molar-refractivity contribution in [1.29, 1.82) is 0 Å². The molecule has 1 saturated heterocycles. The highest BCUT2D eigenvalue weighted by Crippen LogP contribution is 2.40. The number of amidine groups is 1. The first-order chi connectivity index (χ1) is 18.5. The maximum Gasteiger partial charge on any atom is 0.264 e. The third-order valence-electron chi connectivity index (χ3n) is 7.77. The number of carbonyl (C=O) groups excluding carboxylic acids is 2. The Bertz CT molecular complexity index is 1400. The average Bonchev–Trinajstić information content (AvgIpc) is 3.75. The molecule has 9 nitrogen and oxygen atoms in total. The fraction of sp³-hybridized carbons (Fsp3) is 0.345. The topological polar surface area (TPSA) is 113 Å². The number of aliphatic imine (C=N–C) groups is 2. The van der Waals surface area contributed by atoms with Gasteiger partial charge in [0.2, 0.25) is 11.6 Å². The second kappa shape index (κ2) is 9.74. The van der Waals surface area contributed by atoms with Crippen molar-refractivity contribution >= 4 is 29.7 Å². The molecule has 1 saturated carbocycles. The smallest absolute Gasteiger partial charge is 0.264 e. The lowest BCUT2D eigenvalue weighted by molar-refractivity contribution is -0.750. The zero-order valence-electron chi connectivity index (χ0n) is 21.5. The van der Waals surface area contributed by atoms with Gasteiger partial charge in [0.1, 0.15) is 17.7 Å². The molecule has 2 aromatic rings. The molecule has 6 rings (SSSR count). The number of anilines is 1.